The zero-order valence-electron chi connectivity index (χ0n) is 2.41. The van der Waals surface area contributed by atoms with Crippen molar-refractivity contribution in [3.63, 3.8) is 0 Å². The standard InChI is InChI=1S/Bi.Sb.2H2Te.6H/h;;2*1H2;;;;;;. The summed E-state index contributed by atoms with van der Waals surface area (Å²) in [6, 6.07) is 0. The minimum absolute atomic E-state index is 0. The van der Waals surface area contributed by atoms with E-state index in [9.17, 15) is 0 Å². The summed E-state index contributed by atoms with van der Waals surface area (Å²) in [6.45, 7) is 0. The molecule has 4 heteroatoms. The average molecular weight is 596 g/mol. The Balaban J connectivity index is 0. The van der Waals surface area contributed by atoms with Crippen molar-refractivity contribution in [3.05, 3.63) is 0 Å². The first-order valence-electron chi connectivity index (χ1n) is 0. The van der Waals surface area contributed by atoms with E-state index < -0.39 is 0 Å². The van der Waals surface area contributed by atoms with Gasteiger partial charge in [0, 0.05) is 0 Å². The van der Waals surface area contributed by atoms with Gasteiger partial charge >= 0.3 is 98.0 Å². The van der Waals surface area contributed by atoms with Crippen molar-refractivity contribution in [2.75, 3.05) is 0 Å². The van der Waals surface area contributed by atoms with Crippen LogP contribution in [0.2, 0.25) is 0 Å². The Morgan fingerprint density at radius 1 is 0.750 bits per heavy atom. The van der Waals surface area contributed by atoms with Crippen LogP contribution in [0.15, 0.2) is 0 Å². The van der Waals surface area contributed by atoms with E-state index in [1.54, 1.807) is 0 Å². The molecule has 0 radical (unpaired) electrons. The maximum atomic E-state index is 0. The van der Waals surface area contributed by atoms with E-state index in [1.807, 2.05) is 0 Å². The van der Waals surface area contributed by atoms with E-state index in [-0.39, 0.29) is 98.0 Å². The molecule has 0 heterocycles. The molecule has 0 aliphatic carbocycles. The fraction of sp³-hybridized carbons (Fsp3) is 0. The second-order valence-electron chi connectivity index (χ2n) is 0. The first-order valence-corrected chi connectivity index (χ1v) is 0. The molecule has 0 rings (SSSR count). The van der Waals surface area contributed by atoms with Crippen LogP contribution in [-0.2, 0) is 0 Å². The molecule has 0 aromatic rings. The van der Waals surface area contributed by atoms with Crippen molar-refractivity contribution in [2.24, 2.45) is 0 Å². The van der Waals surface area contributed by atoms with E-state index >= 15 is 0 Å². The van der Waals surface area contributed by atoms with Crippen LogP contribution >= 0.6 is 0 Å². The van der Waals surface area contributed by atoms with Crippen molar-refractivity contribution < 1.29 is 0 Å². The van der Waals surface area contributed by atoms with E-state index in [0.29, 0.717) is 0 Å². The zero-order valence-corrected chi connectivity index (χ0v) is 17.7. The van der Waals surface area contributed by atoms with Crippen LogP contribution in [0.1, 0.15) is 0 Å². The van der Waals surface area contributed by atoms with Gasteiger partial charge in [-0.3, -0.25) is 0 Å². The van der Waals surface area contributed by atoms with Crippen molar-refractivity contribution in [3.8, 4) is 0 Å². The van der Waals surface area contributed by atoms with Gasteiger partial charge in [0.1, 0.15) is 0 Å². The van der Waals surface area contributed by atoms with Gasteiger partial charge < -0.3 is 0 Å². The van der Waals surface area contributed by atoms with E-state index in [4.69, 9.17) is 0 Å². The summed E-state index contributed by atoms with van der Waals surface area (Å²) in [5, 5.41) is 0. The van der Waals surface area contributed by atoms with Gasteiger partial charge in [-0.2, -0.15) is 0 Å². The van der Waals surface area contributed by atoms with Crippen molar-refractivity contribution in [1.29, 1.82) is 0 Å². The molecule has 4 heavy (non-hydrogen) atoms. The summed E-state index contributed by atoms with van der Waals surface area (Å²) in [6.07, 6.45) is 0. The molecule has 0 saturated carbocycles. The Bertz CT molecular complexity index is 6.00. The zero-order chi connectivity index (χ0) is 0. The van der Waals surface area contributed by atoms with Crippen LogP contribution in [-0.4, -0.2) is 98.0 Å². The molecule has 0 spiro atoms. The Hall–Kier alpha value is 3.28. The molecule has 0 aromatic carbocycles. The molecule has 0 N–H and O–H groups in total. The number of hydrogen-bond acceptors (Lipinski definition) is 0. The number of rotatable bonds is 0. The third-order valence-electron chi connectivity index (χ3n) is 0. The second-order valence-corrected chi connectivity index (χ2v) is 0. The van der Waals surface area contributed by atoms with Crippen LogP contribution in [0.5, 0.6) is 0 Å². The molecule has 0 aliphatic heterocycles. The predicted octanol–water partition coefficient (Wildman–Crippen LogP) is -4.20. The molecule has 0 aliphatic rings. The molecule has 0 fully saturated rings. The van der Waals surface area contributed by atoms with E-state index in [1.165, 1.54) is 0 Å². The third-order valence-corrected chi connectivity index (χ3v) is 0. The predicted molar refractivity (Wildman–Crippen MR) is 37.0 cm³/mol. The summed E-state index contributed by atoms with van der Waals surface area (Å²) < 4.78 is 0. The molecular formula is H10BiSbTe2. The summed E-state index contributed by atoms with van der Waals surface area (Å²) >= 11 is 0. The van der Waals surface area contributed by atoms with Gasteiger partial charge in [-0.1, -0.05) is 0 Å². The quantitative estimate of drug-likeness (QED) is 0.250. The minimum atomic E-state index is 0. The second kappa shape index (κ2) is 16.3. The first-order chi connectivity index (χ1) is 0. The van der Waals surface area contributed by atoms with Crippen molar-refractivity contribution in [1.82, 2.24) is 0 Å². The normalized spacial score (nSPS) is 0. The van der Waals surface area contributed by atoms with Gasteiger partial charge in [0.25, 0.3) is 0 Å². The molecule has 0 nitrogen and oxygen atoms in total. The fourth-order valence-electron chi connectivity index (χ4n) is 0. The van der Waals surface area contributed by atoms with Gasteiger partial charge in [0.2, 0.25) is 0 Å². The molecule has 0 aromatic heterocycles. The molecule has 0 amide bonds. The van der Waals surface area contributed by atoms with Crippen LogP contribution in [0, 0.1) is 0 Å². The van der Waals surface area contributed by atoms with Crippen molar-refractivity contribution in [2.45, 2.75) is 0 Å². The third kappa shape index (κ3) is 8.99. The van der Waals surface area contributed by atoms with Crippen LogP contribution in [0.4, 0.5) is 0 Å². The molecule has 0 saturated heterocycles. The van der Waals surface area contributed by atoms with Crippen molar-refractivity contribution >= 4 is 98.0 Å². The summed E-state index contributed by atoms with van der Waals surface area (Å²) in [7, 11) is 0. The van der Waals surface area contributed by atoms with E-state index in [0.717, 1.165) is 0 Å². The Kier molecular flexibility index (Phi) is 109. The molecular weight excluding hydrogens is 586 g/mol. The van der Waals surface area contributed by atoms with Gasteiger partial charge in [-0.05, 0) is 0 Å². The first kappa shape index (κ1) is 26.7. The Labute approximate surface area is 95.9 Å². The Morgan fingerprint density at radius 2 is 0.750 bits per heavy atom. The van der Waals surface area contributed by atoms with Gasteiger partial charge in [-0.15, -0.1) is 0 Å². The maximum absolute atomic E-state index is 0. The average Bonchev–Trinajstić information content (AvgIpc) is 0. The SMILES string of the molecule is [BiH3].[SbH3].[TeH2].[TeH2]. The van der Waals surface area contributed by atoms with E-state index in [2.05, 4.69) is 0 Å². The molecule has 0 bridgehead atoms. The number of hydrogen-bond donors (Lipinski definition) is 0. The van der Waals surface area contributed by atoms with Gasteiger partial charge in [0.05, 0.1) is 0 Å². The monoisotopic (exact) mass is 600 g/mol. The molecule has 0 atom stereocenters. The Morgan fingerprint density at radius 3 is 0.750 bits per heavy atom. The van der Waals surface area contributed by atoms with Crippen LogP contribution < -0.4 is 0 Å². The molecule has 32 valence electrons. The van der Waals surface area contributed by atoms with Gasteiger partial charge in [0.15, 0.2) is 0 Å². The fourth-order valence-corrected chi connectivity index (χ4v) is 0. The van der Waals surface area contributed by atoms with Gasteiger partial charge in [-0.25, -0.2) is 0 Å². The topological polar surface area (TPSA) is 0 Å². The van der Waals surface area contributed by atoms with Crippen LogP contribution in [0.25, 0.3) is 0 Å². The summed E-state index contributed by atoms with van der Waals surface area (Å²) in [5.74, 6) is 0. The molecule has 0 unspecified atom stereocenters. The van der Waals surface area contributed by atoms with Crippen LogP contribution in [0.3, 0.4) is 0 Å². The summed E-state index contributed by atoms with van der Waals surface area (Å²) in [4.78, 5) is 0. The summed E-state index contributed by atoms with van der Waals surface area (Å²) in [5.41, 5.74) is 0.